The van der Waals surface area contributed by atoms with Gasteiger partial charge in [0.05, 0.1) is 6.61 Å². The molecule has 1 amide bonds. The van der Waals surface area contributed by atoms with Crippen molar-refractivity contribution in [2.45, 2.75) is 104 Å². The molecule has 1 rings (SSSR count). The first kappa shape index (κ1) is 27.1. The quantitative estimate of drug-likeness (QED) is 0.216. The molecule has 1 unspecified atom stereocenters. The Hall–Kier alpha value is -1.91. The number of hydrogen-bond donors (Lipinski definition) is 1. The second-order valence-electron chi connectivity index (χ2n) is 8.76. The molecule has 0 radical (unpaired) electrons. The van der Waals surface area contributed by atoms with Gasteiger partial charge in [0.2, 0.25) is 0 Å². The normalized spacial score (nSPS) is 12.0. The molecule has 0 spiro atoms. The second-order valence-corrected chi connectivity index (χ2v) is 8.76. The average Bonchev–Trinajstić information content (AvgIpc) is 2.75. The SMILES string of the molecule is CCCCCCCCCCCCCCOC(=O)C(NC(=O)c1ccc(F)cc1)C(C)C. The van der Waals surface area contributed by atoms with Crippen LogP contribution in [-0.2, 0) is 9.53 Å². The van der Waals surface area contributed by atoms with E-state index in [9.17, 15) is 14.0 Å². The number of carbonyl (C=O) groups is 2. The van der Waals surface area contributed by atoms with Crippen LogP contribution in [0.25, 0.3) is 0 Å². The Bertz CT molecular complexity index is 616. The molecule has 1 aromatic carbocycles. The summed E-state index contributed by atoms with van der Waals surface area (Å²) in [5.74, 6) is -1.31. The molecule has 0 aliphatic carbocycles. The van der Waals surface area contributed by atoms with Crippen LogP contribution < -0.4 is 5.32 Å². The van der Waals surface area contributed by atoms with Crippen LogP contribution in [0.5, 0.6) is 0 Å². The Labute approximate surface area is 188 Å². The molecule has 1 atom stereocenters. The van der Waals surface area contributed by atoms with E-state index in [1.165, 1.54) is 88.5 Å². The van der Waals surface area contributed by atoms with E-state index >= 15 is 0 Å². The van der Waals surface area contributed by atoms with E-state index in [4.69, 9.17) is 4.74 Å². The van der Waals surface area contributed by atoms with Crippen molar-refractivity contribution < 1.29 is 18.7 Å². The number of unbranched alkanes of at least 4 members (excludes halogenated alkanes) is 11. The van der Waals surface area contributed by atoms with Crippen LogP contribution in [-0.4, -0.2) is 24.5 Å². The largest absolute Gasteiger partial charge is 0.464 e. The fourth-order valence-corrected chi connectivity index (χ4v) is 3.53. The Morgan fingerprint density at radius 1 is 0.839 bits per heavy atom. The molecule has 0 aliphatic heterocycles. The van der Waals surface area contributed by atoms with Gasteiger partial charge >= 0.3 is 5.97 Å². The van der Waals surface area contributed by atoms with E-state index < -0.39 is 23.7 Å². The number of esters is 1. The van der Waals surface area contributed by atoms with E-state index in [2.05, 4.69) is 12.2 Å². The summed E-state index contributed by atoms with van der Waals surface area (Å²) in [5.41, 5.74) is 0.320. The molecule has 0 aromatic heterocycles. The number of carbonyl (C=O) groups excluding carboxylic acids is 2. The lowest BCUT2D eigenvalue weighted by Crippen LogP contribution is -2.45. The number of halogens is 1. The van der Waals surface area contributed by atoms with Crippen molar-refractivity contribution in [1.29, 1.82) is 0 Å². The molecule has 4 nitrogen and oxygen atoms in total. The van der Waals surface area contributed by atoms with Gasteiger partial charge in [-0.3, -0.25) is 4.79 Å². The monoisotopic (exact) mass is 435 g/mol. The van der Waals surface area contributed by atoms with E-state index in [1.807, 2.05) is 13.8 Å². The van der Waals surface area contributed by atoms with E-state index in [-0.39, 0.29) is 5.92 Å². The zero-order valence-corrected chi connectivity index (χ0v) is 19.8. The van der Waals surface area contributed by atoms with Crippen LogP contribution in [0.2, 0.25) is 0 Å². The first-order valence-electron chi connectivity index (χ1n) is 12.2. The lowest BCUT2D eigenvalue weighted by molar-refractivity contribution is -0.147. The van der Waals surface area contributed by atoms with Crippen LogP contribution in [0, 0.1) is 11.7 Å². The summed E-state index contributed by atoms with van der Waals surface area (Å²) in [6, 6.07) is 4.55. The third kappa shape index (κ3) is 12.5. The highest BCUT2D eigenvalue weighted by atomic mass is 19.1. The summed E-state index contributed by atoms with van der Waals surface area (Å²) in [7, 11) is 0. The van der Waals surface area contributed by atoms with Crippen LogP contribution in [0.4, 0.5) is 4.39 Å². The molecule has 0 saturated heterocycles. The number of ether oxygens (including phenoxy) is 1. The van der Waals surface area contributed by atoms with Gasteiger partial charge in [-0.2, -0.15) is 0 Å². The molecular formula is C26H42FNO3. The number of rotatable bonds is 17. The van der Waals surface area contributed by atoms with Gasteiger partial charge in [0.15, 0.2) is 0 Å². The Morgan fingerprint density at radius 2 is 1.32 bits per heavy atom. The molecule has 5 heteroatoms. The standard InChI is InChI=1S/C26H42FNO3/c1-4-5-6-7-8-9-10-11-12-13-14-15-20-31-26(30)24(21(2)3)28-25(29)22-16-18-23(27)19-17-22/h16-19,21,24H,4-15,20H2,1-3H3,(H,28,29). The predicted molar refractivity (Wildman–Crippen MR) is 125 cm³/mol. The third-order valence-electron chi connectivity index (χ3n) is 5.56. The topological polar surface area (TPSA) is 55.4 Å². The van der Waals surface area contributed by atoms with Crippen LogP contribution >= 0.6 is 0 Å². The number of benzene rings is 1. The maximum atomic E-state index is 13.0. The minimum absolute atomic E-state index is 0.0983. The molecule has 0 saturated carbocycles. The zero-order valence-electron chi connectivity index (χ0n) is 19.8. The fourth-order valence-electron chi connectivity index (χ4n) is 3.53. The summed E-state index contributed by atoms with van der Waals surface area (Å²) in [6.07, 6.45) is 15.1. The summed E-state index contributed by atoms with van der Waals surface area (Å²) < 4.78 is 18.4. The van der Waals surface area contributed by atoms with Gasteiger partial charge in [-0.15, -0.1) is 0 Å². The van der Waals surface area contributed by atoms with Crippen molar-refractivity contribution >= 4 is 11.9 Å². The first-order valence-corrected chi connectivity index (χ1v) is 12.2. The fraction of sp³-hybridized carbons (Fsp3) is 0.692. The van der Waals surface area contributed by atoms with Crippen molar-refractivity contribution in [3.05, 3.63) is 35.6 Å². The van der Waals surface area contributed by atoms with Crippen LogP contribution in [0.1, 0.15) is 108 Å². The molecular weight excluding hydrogens is 393 g/mol. The van der Waals surface area contributed by atoms with Crippen molar-refractivity contribution in [3.63, 3.8) is 0 Å². The Kier molecular flexibility index (Phi) is 14.6. The predicted octanol–water partition coefficient (Wildman–Crippen LogP) is 6.82. The summed E-state index contributed by atoms with van der Waals surface area (Å²) in [5, 5.41) is 2.71. The molecule has 1 aromatic rings. The third-order valence-corrected chi connectivity index (χ3v) is 5.56. The highest BCUT2D eigenvalue weighted by Crippen LogP contribution is 2.12. The maximum Gasteiger partial charge on any atom is 0.328 e. The summed E-state index contributed by atoms with van der Waals surface area (Å²) >= 11 is 0. The van der Waals surface area contributed by atoms with Crippen molar-refractivity contribution in [2.24, 2.45) is 5.92 Å². The van der Waals surface area contributed by atoms with Crippen molar-refractivity contribution in [3.8, 4) is 0 Å². The zero-order chi connectivity index (χ0) is 22.9. The van der Waals surface area contributed by atoms with Gasteiger partial charge in [-0.05, 0) is 36.6 Å². The Morgan fingerprint density at radius 3 is 1.81 bits per heavy atom. The first-order chi connectivity index (χ1) is 15.0. The van der Waals surface area contributed by atoms with Gasteiger partial charge in [0.25, 0.3) is 5.91 Å². The molecule has 176 valence electrons. The highest BCUT2D eigenvalue weighted by Gasteiger charge is 2.26. The molecule has 0 fully saturated rings. The van der Waals surface area contributed by atoms with Gasteiger partial charge < -0.3 is 10.1 Å². The van der Waals surface area contributed by atoms with E-state index in [0.29, 0.717) is 12.2 Å². The lowest BCUT2D eigenvalue weighted by atomic mass is 10.0. The van der Waals surface area contributed by atoms with Crippen LogP contribution in [0.15, 0.2) is 24.3 Å². The smallest absolute Gasteiger partial charge is 0.328 e. The molecule has 1 N–H and O–H groups in total. The Balaban J connectivity index is 2.14. The van der Waals surface area contributed by atoms with E-state index in [1.54, 1.807) is 0 Å². The highest BCUT2D eigenvalue weighted by molar-refractivity contribution is 5.96. The maximum absolute atomic E-state index is 13.0. The van der Waals surface area contributed by atoms with Gasteiger partial charge in [0, 0.05) is 5.56 Å². The number of hydrogen-bond acceptors (Lipinski definition) is 3. The number of nitrogens with one attached hydrogen (secondary N) is 1. The molecule has 0 bridgehead atoms. The van der Waals surface area contributed by atoms with Crippen LogP contribution in [0.3, 0.4) is 0 Å². The number of amides is 1. The molecule has 0 heterocycles. The average molecular weight is 436 g/mol. The minimum atomic E-state index is -0.713. The van der Waals surface area contributed by atoms with Gasteiger partial charge in [-0.1, -0.05) is 91.4 Å². The minimum Gasteiger partial charge on any atom is -0.464 e. The van der Waals surface area contributed by atoms with Gasteiger partial charge in [0.1, 0.15) is 11.9 Å². The summed E-state index contributed by atoms with van der Waals surface area (Å²) in [4.78, 5) is 24.7. The molecule has 0 aliphatic rings. The summed E-state index contributed by atoms with van der Waals surface area (Å²) in [6.45, 7) is 6.35. The molecule has 31 heavy (non-hydrogen) atoms. The lowest BCUT2D eigenvalue weighted by Gasteiger charge is -2.21. The second kappa shape index (κ2) is 16.7. The van der Waals surface area contributed by atoms with Gasteiger partial charge in [-0.25, -0.2) is 9.18 Å². The van der Waals surface area contributed by atoms with Crippen molar-refractivity contribution in [2.75, 3.05) is 6.61 Å². The van der Waals surface area contributed by atoms with Crippen molar-refractivity contribution in [1.82, 2.24) is 5.32 Å². The van der Waals surface area contributed by atoms with E-state index in [0.717, 1.165) is 12.8 Å².